The van der Waals surface area contributed by atoms with Crippen LogP contribution in [-0.2, 0) is 4.74 Å². The van der Waals surface area contributed by atoms with Gasteiger partial charge in [-0.3, -0.25) is 4.79 Å². The Morgan fingerprint density at radius 3 is 2.39 bits per heavy atom. The van der Waals surface area contributed by atoms with Gasteiger partial charge in [0, 0.05) is 20.5 Å². The summed E-state index contributed by atoms with van der Waals surface area (Å²) >= 11 is 1.23. The number of nitrogens with two attached hydrogens (primary N) is 1. The van der Waals surface area contributed by atoms with Crippen molar-refractivity contribution >= 4 is 33.8 Å². The molecule has 0 aliphatic carbocycles. The molecule has 5 nitrogen and oxygen atoms in total. The maximum Gasteiger partial charge on any atom is 0.343 e. The number of Topliss-reactive ketones (excluding diaryl/α,β-unsaturated/α-hetero) is 1. The summed E-state index contributed by atoms with van der Waals surface area (Å²) in [6.07, 6.45) is 0.361. The summed E-state index contributed by atoms with van der Waals surface area (Å²) in [7, 11) is 3.60. The van der Waals surface area contributed by atoms with E-state index in [4.69, 9.17) is 10.5 Å². The molecule has 0 aromatic carbocycles. The zero-order chi connectivity index (χ0) is 13.9. The first-order valence-electron chi connectivity index (χ1n) is 5.73. The monoisotopic (exact) mass is 270 g/mol. The van der Waals surface area contributed by atoms with Crippen LogP contribution in [0.25, 0.3) is 0 Å². The average Bonchev–Trinajstić information content (AvgIpc) is 2.66. The number of esters is 1. The number of ether oxygens (including phenoxy) is 1. The number of thiophene rings is 1. The normalized spacial score (nSPS) is 10.2. The molecule has 6 heteroatoms. The van der Waals surface area contributed by atoms with E-state index in [1.165, 1.54) is 11.3 Å². The fourth-order valence-corrected chi connectivity index (χ4v) is 2.66. The van der Waals surface area contributed by atoms with Gasteiger partial charge in [-0.05, 0) is 6.92 Å². The number of hydrogen-bond donors (Lipinski definition) is 1. The van der Waals surface area contributed by atoms with E-state index in [2.05, 4.69) is 0 Å². The Labute approximate surface area is 111 Å². The fourth-order valence-electron chi connectivity index (χ4n) is 1.51. The van der Waals surface area contributed by atoms with Crippen LogP contribution in [0.3, 0.4) is 0 Å². The molecule has 0 saturated carbocycles. The summed E-state index contributed by atoms with van der Waals surface area (Å²) in [5.74, 6) is -0.541. The molecule has 2 N–H and O–H groups in total. The highest BCUT2D eigenvalue weighted by Crippen LogP contribution is 2.38. The first-order chi connectivity index (χ1) is 8.43. The molecule has 18 heavy (non-hydrogen) atoms. The molecule has 0 aliphatic heterocycles. The molecule has 1 heterocycles. The van der Waals surface area contributed by atoms with E-state index in [1.54, 1.807) is 32.8 Å². The van der Waals surface area contributed by atoms with Crippen molar-refractivity contribution in [1.29, 1.82) is 0 Å². The summed E-state index contributed by atoms with van der Waals surface area (Å²) in [6, 6.07) is 0. The third kappa shape index (κ3) is 2.64. The number of hydrogen-bond acceptors (Lipinski definition) is 6. The molecule has 0 atom stereocenters. The molecular weight excluding hydrogens is 252 g/mol. The van der Waals surface area contributed by atoms with Crippen molar-refractivity contribution < 1.29 is 14.3 Å². The van der Waals surface area contributed by atoms with Crippen LogP contribution in [0.4, 0.5) is 10.7 Å². The van der Waals surface area contributed by atoms with Gasteiger partial charge in [0.1, 0.15) is 10.6 Å². The van der Waals surface area contributed by atoms with Crippen LogP contribution < -0.4 is 10.6 Å². The van der Waals surface area contributed by atoms with Crippen molar-refractivity contribution in [3.8, 4) is 0 Å². The summed E-state index contributed by atoms with van der Waals surface area (Å²) in [5.41, 5.74) is 6.44. The number of ketones is 1. The Balaban J connectivity index is 3.34. The van der Waals surface area contributed by atoms with Crippen molar-refractivity contribution in [1.82, 2.24) is 0 Å². The Kier molecular flexibility index (Phi) is 4.72. The number of rotatable bonds is 5. The summed E-state index contributed by atoms with van der Waals surface area (Å²) < 4.78 is 4.98. The minimum atomic E-state index is -0.481. The maximum atomic E-state index is 11.9. The van der Waals surface area contributed by atoms with E-state index < -0.39 is 5.97 Å². The predicted octanol–water partition coefficient (Wildman–Crippen LogP) is 2.17. The van der Waals surface area contributed by atoms with E-state index in [0.29, 0.717) is 21.9 Å². The van der Waals surface area contributed by atoms with Crippen molar-refractivity contribution in [2.45, 2.75) is 20.3 Å². The molecule has 0 bridgehead atoms. The van der Waals surface area contributed by atoms with Gasteiger partial charge in [-0.2, -0.15) is 0 Å². The van der Waals surface area contributed by atoms with Gasteiger partial charge in [-0.15, -0.1) is 11.3 Å². The molecule has 0 saturated heterocycles. The second-order valence-corrected chi connectivity index (χ2v) is 4.92. The van der Waals surface area contributed by atoms with Crippen molar-refractivity contribution in [3.05, 3.63) is 10.4 Å². The van der Waals surface area contributed by atoms with Gasteiger partial charge in [0.15, 0.2) is 5.78 Å². The SMILES string of the molecule is CCOC(=O)c1c(N(C)C)sc(C(=O)CC)c1N. The first kappa shape index (κ1) is 14.5. The minimum Gasteiger partial charge on any atom is -0.462 e. The molecule has 0 radical (unpaired) electrons. The number of nitrogen functional groups attached to an aromatic ring is 1. The van der Waals surface area contributed by atoms with Gasteiger partial charge in [0.05, 0.1) is 17.2 Å². The van der Waals surface area contributed by atoms with E-state index in [9.17, 15) is 9.59 Å². The lowest BCUT2D eigenvalue weighted by molar-refractivity contribution is 0.0529. The third-order valence-corrected chi connectivity index (χ3v) is 3.80. The van der Waals surface area contributed by atoms with E-state index in [1.807, 2.05) is 0 Å². The lowest BCUT2D eigenvalue weighted by Gasteiger charge is -2.12. The van der Waals surface area contributed by atoms with Crippen molar-refractivity contribution in [2.24, 2.45) is 0 Å². The average molecular weight is 270 g/mol. The van der Waals surface area contributed by atoms with E-state index >= 15 is 0 Å². The molecule has 1 aromatic heterocycles. The smallest absolute Gasteiger partial charge is 0.343 e. The van der Waals surface area contributed by atoms with Gasteiger partial charge >= 0.3 is 5.97 Å². The van der Waals surface area contributed by atoms with Crippen LogP contribution in [0.5, 0.6) is 0 Å². The van der Waals surface area contributed by atoms with Gasteiger partial charge in [-0.1, -0.05) is 6.92 Å². The standard InChI is InChI=1S/C12H18N2O3S/c1-5-7(15)10-9(13)8(12(16)17-6-2)11(18-10)14(3)4/h5-6,13H2,1-4H3. The van der Waals surface area contributed by atoms with Crippen LogP contribution in [0.2, 0.25) is 0 Å². The molecule has 1 aromatic rings. The van der Waals surface area contributed by atoms with Crippen LogP contribution in [-0.4, -0.2) is 32.5 Å². The summed E-state index contributed by atoms with van der Waals surface area (Å²) in [5, 5.41) is 0.655. The zero-order valence-electron chi connectivity index (χ0n) is 11.1. The van der Waals surface area contributed by atoms with Gasteiger partial charge in [-0.25, -0.2) is 4.79 Å². The second-order valence-electron chi connectivity index (χ2n) is 3.92. The number of nitrogens with zero attached hydrogens (tertiary/aromatic N) is 1. The van der Waals surface area contributed by atoms with Crippen LogP contribution in [0.1, 0.15) is 40.3 Å². The highest BCUT2D eigenvalue weighted by atomic mass is 32.1. The number of carbonyl (C=O) groups excluding carboxylic acids is 2. The number of carbonyl (C=O) groups is 2. The quantitative estimate of drug-likeness (QED) is 0.655. The Morgan fingerprint density at radius 1 is 1.33 bits per heavy atom. The molecule has 0 unspecified atom stereocenters. The van der Waals surface area contributed by atoms with Crippen LogP contribution in [0, 0.1) is 0 Å². The third-order valence-electron chi connectivity index (χ3n) is 2.39. The topological polar surface area (TPSA) is 72.6 Å². The Morgan fingerprint density at radius 2 is 1.94 bits per heavy atom. The maximum absolute atomic E-state index is 11.9. The van der Waals surface area contributed by atoms with E-state index in [0.717, 1.165) is 0 Å². The number of anilines is 2. The lowest BCUT2D eigenvalue weighted by atomic mass is 10.1. The predicted molar refractivity (Wildman–Crippen MR) is 73.6 cm³/mol. The summed E-state index contributed by atoms with van der Waals surface area (Å²) in [6.45, 7) is 3.77. The van der Waals surface area contributed by atoms with Gasteiger partial charge in [0.2, 0.25) is 0 Å². The molecule has 0 spiro atoms. The van der Waals surface area contributed by atoms with Gasteiger partial charge in [0.25, 0.3) is 0 Å². The highest BCUT2D eigenvalue weighted by molar-refractivity contribution is 7.19. The molecular formula is C12H18N2O3S. The molecule has 0 aliphatic rings. The second kappa shape index (κ2) is 5.86. The summed E-state index contributed by atoms with van der Waals surface area (Å²) in [4.78, 5) is 25.8. The Bertz CT molecular complexity index is 466. The van der Waals surface area contributed by atoms with Crippen molar-refractivity contribution in [2.75, 3.05) is 31.3 Å². The highest BCUT2D eigenvalue weighted by Gasteiger charge is 2.26. The fraction of sp³-hybridized carbons (Fsp3) is 0.500. The molecule has 100 valence electrons. The van der Waals surface area contributed by atoms with Crippen molar-refractivity contribution in [3.63, 3.8) is 0 Å². The molecule has 0 fully saturated rings. The zero-order valence-corrected chi connectivity index (χ0v) is 11.9. The van der Waals surface area contributed by atoms with Gasteiger partial charge < -0.3 is 15.4 Å². The molecule has 0 amide bonds. The van der Waals surface area contributed by atoms with E-state index in [-0.39, 0.29) is 18.1 Å². The van der Waals surface area contributed by atoms with Crippen LogP contribution >= 0.6 is 11.3 Å². The first-order valence-corrected chi connectivity index (χ1v) is 6.55. The minimum absolute atomic E-state index is 0.0591. The van der Waals surface area contributed by atoms with Crippen LogP contribution in [0.15, 0.2) is 0 Å². The lowest BCUT2D eigenvalue weighted by Crippen LogP contribution is -2.14. The largest absolute Gasteiger partial charge is 0.462 e. The Hall–Kier alpha value is -1.56. The molecule has 1 rings (SSSR count).